The summed E-state index contributed by atoms with van der Waals surface area (Å²) < 4.78 is 0. The first-order valence-corrected chi connectivity index (χ1v) is 2.06. The summed E-state index contributed by atoms with van der Waals surface area (Å²) in [5.41, 5.74) is 2.35. The van der Waals surface area contributed by atoms with Crippen LogP contribution in [0.3, 0.4) is 0 Å². The monoisotopic (exact) mass is 105 g/mol. The molecule has 0 radical (unpaired) electrons. The average Bonchev–Trinajstić information content (AvgIpc) is 1.68. The van der Waals surface area contributed by atoms with Crippen molar-refractivity contribution in [3.05, 3.63) is 5.21 Å². The van der Waals surface area contributed by atoms with Crippen LogP contribution >= 0.6 is 0 Å². The first-order valence-electron chi connectivity index (χ1n) is 2.06. The molecular formula is C3H9N2O2-. The minimum Gasteiger partial charge on any atom is -0.748 e. The quantitative estimate of drug-likeness (QED) is 0.508. The van der Waals surface area contributed by atoms with Crippen LogP contribution in [-0.2, 0) is 4.84 Å². The van der Waals surface area contributed by atoms with Crippen LogP contribution in [0.15, 0.2) is 0 Å². The van der Waals surface area contributed by atoms with Crippen LogP contribution in [0.25, 0.3) is 0 Å². The van der Waals surface area contributed by atoms with Gasteiger partial charge >= 0.3 is 0 Å². The summed E-state index contributed by atoms with van der Waals surface area (Å²) in [6.07, 6.45) is 0. The molecule has 0 aromatic carbocycles. The molecule has 1 N–H and O–H groups in total. The third-order valence-electron chi connectivity index (χ3n) is 0.453. The largest absolute Gasteiger partial charge is 0.748 e. The second kappa shape index (κ2) is 4.01. The Bertz CT molecular complexity index is 41.9. The Kier molecular flexibility index (Phi) is 3.92. The van der Waals surface area contributed by atoms with Crippen LogP contribution in [0.5, 0.6) is 0 Å². The molecule has 0 aromatic heterocycles. The van der Waals surface area contributed by atoms with Crippen molar-refractivity contribution in [1.29, 1.82) is 0 Å². The molecule has 0 fully saturated rings. The molecule has 0 aliphatic rings. The lowest BCUT2D eigenvalue weighted by atomic mass is 10.8. The van der Waals surface area contributed by atoms with E-state index in [1.807, 2.05) is 6.92 Å². The number of hydrazine groups is 1. The van der Waals surface area contributed by atoms with E-state index in [1.165, 1.54) is 7.11 Å². The van der Waals surface area contributed by atoms with E-state index in [2.05, 4.69) is 10.3 Å². The lowest BCUT2D eigenvalue weighted by Crippen LogP contribution is -2.31. The predicted octanol–water partition coefficient (Wildman–Crippen LogP) is -0.128. The first-order chi connectivity index (χ1) is 3.31. The lowest BCUT2D eigenvalue weighted by molar-refractivity contribution is -0.127. The summed E-state index contributed by atoms with van der Waals surface area (Å²) in [7, 11) is 1.30. The van der Waals surface area contributed by atoms with Crippen molar-refractivity contribution in [3.8, 4) is 0 Å². The summed E-state index contributed by atoms with van der Waals surface area (Å²) in [5, 5.41) is 10.3. The van der Waals surface area contributed by atoms with Gasteiger partial charge in [-0.3, -0.25) is 4.84 Å². The SMILES string of the molecule is CCNN([O-])OC. The third-order valence-corrected chi connectivity index (χ3v) is 0.453. The summed E-state index contributed by atoms with van der Waals surface area (Å²) in [6, 6.07) is 0. The molecule has 7 heavy (non-hydrogen) atoms. The lowest BCUT2D eigenvalue weighted by Gasteiger charge is -2.23. The molecule has 0 saturated carbocycles. The van der Waals surface area contributed by atoms with Gasteiger partial charge in [0.1, 0.15) is 0 Å². The van der Waals surface area contributed by atoms with E-state index in [1.54, 1.807) is 0 Å². The molecule has 0 amide bonds. The fourth-order valence-corrected chi connectivity index (χ4v) is 0.194. The maximum Gasteiger partial charge on any atom is 0.0579 e. The van der Waals surface area contributed by atoms with Crippen LogP contribution < -0.4 is 5.43 Å². The van der Waals surface area contributed by atoms with Crippen LogP contribution in [-0.4, -0.2) is 19.0 Å². The number of hydrogen-bond donors (Lipinski definition) is 1. The zero-order valence-electron chi connectivity index (χ0n) is 4.47. The highest BCUT2D eigenvalue weighted by Gasteiger charge is 1.76. The van der Waals surface area contributed by atoms with Gasteiger partial charge in [-0.05, 0) is 0 Å². The molecule has 0 atom stereocenters. The van der Waals surface area contributed by atoms with Crippen LogP contribution in [0.1, 0.15) is 6.92 Å². The van der Waals surface area contributed by atoms with Crippen LogP contribution in [0, 0.1) is 5.21 Å². The molecule has 0 aliphatic carbocycles. The molecular weight excluding hydrogens is 96.0 g/mol. The van der Waals surface area contributed by atoms with Gasteiger partial charge in [0.05, 0.1) is 7.11 Å². The predicted molar refractivity (Wildman–Crippen MR) is 25.9 cm³/mol. The van der Waals surface area contributed by atoms with Crippen molar-refractivity contribution in [2.75, 3.05) is 13.7 Å². The van der Waals surface area contributed by atoms with Crippen molar-refractivity contribution < 1.29 is 4.84 Å². The van der Waals surface area contributed by atoms with E-state index in [0.29, 0.717) is 11.9 Å². The van der Waals surface area contributed by atoms with Crippen LogP contribution in [0.2, 0.25) is 0 Å². The fraction of sp³-hybridized carbons (Fsp3) is 1.00. The van der Waals surface area contributed by atoms with Gasteiger partial charge < -0.3 is 5.21 Å². The van der Waals surface area contributed by atoms with Gasteiger partial charge in [-0.15, -0.1) is 0 Å². The van der Waals surface area contributed by atoms with Gasteiger partial charge in [-0.2, -0.15) is 5.34 Å². The highest BCUT2D eigenvalue weighted by atomic mass is 16.9. The second-order valence-electron chi connectivity index (χ2n) is 0.951. The van der Waals surface area contributed by atoms with Gasteiger partial charge in [-0.25, -0.2) is 5.43 Å². The molecule has 0 aromatic rings. The van der Waals surface area contributed by atoms with E-state index < -0.39 is 0 Å². The molecule has 0 unspecified atom stereocenters. The Balaban J connectivity index is 2.83. The maximum absolute atomic E-state index is 10.00. The van der Waals surface area contributed by atoms with Crippen molar-refractivity contribution in [3.63, 3.8) is 0 Å². The molecule has 0 rings (SSSR count). The van der Waals surface area contributed by atoms with Gasteiger partial charge in [0.25, 0.3) is 0 Å². The van der Waals surface area contributed by atoms with Crippen molar-refractivity contribution >= 4 is 0 Å². The Morgan fingerprint density at radius 1 is 1.86 bits per heavy atom. The third kappa shape index (κ3) is 3.68. The van der Waals surface area contributed by atoms with Crippen LogP contribution in [0.4, 0.5) is 0 Å². The minimum absolute atomic E-state index is 0.306. The summed E-state index contributed by atoms with van der Waals surface area (Å²) in [6.45, 7) is 2.39. The number of nitrogens with one attached hydrogen (secondary N) is 1. The van der Waals surface area contributed by atoms with E-state index in [-0.39, 0.29) is 0 Å². The maximum atomic E-state index is 10.00. The van der Waals surface area contributed by atoms with Crippen molar-refractivity contribution in [2.45, 2.75) is 6.92 Å². The molecule has 4 heteroatoms. The van der Waals surface area contributed by atoms with Crippen molar-refractivity contribution in [1.82, 2.24) is 10.8 Å². The fourth-order valence-electron chi connectivity index (χ4n) is 0.194. The minimum atomic E-state index is 0.306. The molecule has 0 spiro atoms. The normalized spacial score (nSPS) is 10.3. The summed E-state index contributed by atoms with van der Waals surface area (Å²) in [4.78, 5) is 4.16. The Morgan fingerprint density at radius 3 is 2.57 bits per heavy atom. The molecule has 4 nitrogen and oxygen atoms in total. The smallest absolute Gasteiger partial charge is 0.0579 e. The van der Waals surface area contributed by atoms with Gasteiger partial charge in [-0.1, -0.05) is 6.92 Å². The van der Waals surface area contributed by atoms with E-state index in [9.17, 15) is 5.21 Å². The number of nitrogens with zero attached hydrogens (tertiary/aromatic N) is 1. The average molecular weight is 105 g/mol. The topological polar surface area (TPSA) is 47.6 Å². The van der Waals surface area contributed by atoms with Gasteiger partial charge in [0.2, 0.25) is 0 Å². The summed E-state index contributed by atoms with van der Waals surface area (Å²) in [5.74, 6) is 0. The number of rotatable bonds is 3. The molecule has 0 aliphatic heterocycles. The molecule has 0 heterocycles. The molecule has 44 valence electrons. The first kappa shape index (κ1) is 6.84. The molecule has 0 bridgehead atoms. The highest BCUT2D eigenvalue weighted by Crippen LogP contribution is 1.70. The van der Waals surface area contributed by atoms with Gasteiger partial charge in [0.15, 0.2) is 0 Å². The van der Waals surface area contributed by atoms with E-state index in [4.69, 9.17) is 0 Å². The van der Waals surface area contributed by atoms with E-state index >= 15 is 0 Å². The zero-order valence-corrected chi connectivity index (χ0v) is 4.47. The standard InChI is InChI=1S/C3H9N2O2/c1-3-4-5(6)7-2/h4H,3H2,1-2H3/q-1. The molecule has 0 saturated heterocycles. The van der Waals surface area contributed by atoms with E-state index in [0.717, 1.165) is 0 Å². The Morgan fingerprint density at radius 2 is 2.43 bits per heavy atom. The number of hydrogen-bond acceptors (Lipinski definition) is 4. The van der Waals surface area contributed by atoms with Gasteiger partial charge in [0, 0.05) is 6.54 Å². The zero-order chi connectivity index (χ0) is 5.70. The Hall–Kier alpha value is -0.160. The second-order valence-corrected chi connectivity index (χ2v) is 0.951. The highest BCUT2D eigenvalue weighted by molar-refractivity contribution is 4.28. The van der Waals surface area contributed by atoms with Crippen molar-refractivity contribution in [2.24, 2.45) is 0 Å². The summed E-state index contributed by atoms with van der Waals surface area (Å²) >= 11 is 0. The Labute approximate surface area is 42.6 Å².